The molecule has 1 aromatic carbocycles. The van der Waals surface area contributed by atoms with E-state index in [0.717, 1.165) is 17.1 Å². The number of furan rings is 1. The van der Waals surface area contributed by atoms with Crippen molar-refractivity contribution in [1.29, 1.82) is 5.26 Å². The second kappa shape index (κ2) is 7.79. The number of benzene rings is 1. The molecule has 2 aromatic heterocycles. The Hall–Kier alpha value is -2.88. The van der Waals surface area contributed by atoms with Gasteiger partial charge in [-0.15, -0.1) is 0 Å². The third-order valence-corrected chi connectivity index (χ3v) is 4.06. The maximum absolute atomic E-state index is 9.33. The lowest BCUT2D eigenvalue weighted by atomic mass is 10.1. The molecule has 0 aliphatic rings. The van der Waals surface area contributed by atoms with Crippen LogP contribution >= 0.6 is 0 Å². The van der Waals surface area contributed by atoms with E-state index in [2.05, 4.69) is 16.0 Å². The highest BCUT2D eigenvalue weighted by molar-refractivity contribution is 5.66. The van der Waals surface area contributed by atoms with Crippen molar-refractivity contribution in [2.24, 2.45) is 7.05 Å². The first kappa shape index (κ1) is 17.0. The van der Waals surface area contributed by atoms with Crippen LogP contribution in [0.5, 0.6) is 0 Å². The number of rotatable bonds is 7. The molecule has 0 unspecified atom stereocenters. The number of nitriles is 1. The summed E-state index contributed by atoms with van der Waals surface area (Å²) in [5, 5.41) is 18.6. The van der Waals surface area contributed by atoms with Crippen molar-refractivity contribution in [2.75, 3.05) is 13.2 Å². The Kier molecular flexibility index (Phi) is 5.29. The topological polar surface area (TPSA) is 78.2 Å². The summed E-state index contributed by atoms with van der Waals surface area (Å²) in [6.07, 6.45) is 3.66. The predicted molar refractivity (Wildman–Crippen MR) is 93.3 cm³/mol. The molecule has 6 nitrogen and oxygen atoms in total. The summed E-state index contributed by atoms with van der Waals surface area (Å²) in [5.74, 6) is 2.38. The van der Waals surface area contributed by atoms with Gasteiger partial charge in [-0.1, -0.05) is 12.1 Å². The zero-order valence-electron chi connectivity index (χ0n) is 14.1. The van der Waals surface area contributed by atoms with Gasteiger partial charge in [-0.25, -0.2) is 4.98 Å². The highest BCUT2D eigenvalue weighted by Gasteiger charge is 2.14. The SMILES string of the molecule is Cn1ccnc1CN(CCO)Cc1ccc(-c2ccccc2C#N)o1. The first-order valence-electron chi connectivity index (χ1n) is 8.09. The monoisotopic (exact) mass is 336 g/mol. The Bertz CT molecular complexity index is 875. The predicted octanol–water partition coefficient (Wildman–Crippen LogP) is 2.55. The van der Waals surface area contributed by atoms with Crippen LogP contribution in [0.4, 0.5) is 0 Å². The molecule has 0 aliphatic carbocycles. The van der Waals surface area contributed by atoms with Gasteiger partial charge >= 0.3 is 0 Å². The largest absolute Gasteiger partial charge is 0.460 e. The fraction of sp³-hybridized carbons (Fsp3) is 0.263. The first-order chi connectivity index (χ1) is 12.2. The number of hydrogen-bond donors (Lipinski definition) is 1. The zero-order valence-corrected chi connectivity index (χ0v) is 14.1. The molecule has 3 aromatic rings. The van der Waals surface area contributed by atoms with E-state index in [1.807, 2.05) is 48.1 Å². The molecule has 3 rings (SSSR count). The molecule has 0 amide bonds. The van der Waals surface area contributed by atoms with Crippen LogP contribution in [0.2, 0.25) is 0 Å². The van der Waals surface area contributed by atoms with Gasteiger partial charge < -0.3 is 14.1 Å². The van der Waals surface area contributed by atoms with Crippen molar-refractivity contribution in [3.63, 3.8) is 0 Å². The van der Waals surface area contributed by atoms with E-state index in [-0.39, 0.29) is 6.61 Å². The molecule has 128 valence electrons. The Morgan fingerprint density at radius 2 is 2.08 bits per heavy atom. The Balaban J connectivity index is 1.76. The maximum Gasteiger partial charge on any atom is 0.135 e. The smallest absolute Gasteiger partial charge is 0.135 e. The van der Waals surface area contributed by atoms with Gasteiger partial charge in [0.1, 0.15) is 17.3 Å². The summed E-state index contributed by atoms with van der Waals surface area (Å²) in [5.41, 5.74) is 1.37. The second-order valence-electron chi connectivity index (χ2n) is 5.81. The molecule has 0 fully saturated rings. The molecular formula is C19H20N4O2. The van der Waals surface area contributed by atoms with Crippen molar-refractivity contribution < 1.29 is 9.52 Å². The third-order valence-electron chi connectivity index (χ3n) is 4.06. The number of aryl methyl sites for hydroxylation is 1. The molecule has 0 radical (unpaired) electrons. The normalized spacial score (nSPS) is 11.0. The van der Waals surface area contributed by atoms with Gasteiger partial charge in [-0.2, -0.15) is 5.26 Å². The molecule has 25 heavy (non-hydrogen) atoms. The fourth-order valence-corrected chi connectivity index (χ4v) is 2.73. The molecule has 0 aliphatic heterocycles. The van der Waals surface area contributed by atoms with Crippen molar-refractivity contribution in [2.45, 2.75) is 13.1 Å². The number of hydrogen-bond acceptors (Lipinski definition) is 5. The van der Waals surface area contributed by atoms with Gasteiger partial charge in [0, 0.05) is 31.5 Å². The number of nitrogens with zero attached hydrogens (tertiary/aromatic N) is 4. The average Bonchev–Trinajstić information content (AvgIpc) is 3.24. The molecule has 0 spiro atoms. The van der Waals surface area contributed by atoms with Gasteiger partial charge in [0.25, 0.3) is 0 Å². The van der Waals surface area contributed by atoms with Crippen LogP contribution in [0, 0.1) is 11.3 Å². The lowest BCUT2D eigenvalue weighted by Crippen LogP contribution is -2.27. The van der Waals surface area contributed by atoms with E-state index < -0.39 is 0 Å². The van der Waals surface area contributed by atoms with E-state index in [1.165, 1.54) is 0 Å². The van der Waals surface area contributed by atoms with E-state index >= 15 is 0 Å². The van der Waals surface area contributed by atoms with Gasteiger partial charge in [0.15, 0.2) is 0 Å². The summed E-state index contributed by atoms with van der Waals surface area (Å²) < 4.78 is 7.90. The summed E-state index contributed by atoms with van der Waals surface area (Å²) in [6, 6.07) is 13.3. The number of aliphatic hydroxyl groups excluding tert-OH is 1. The summed E-state index contributed by atoms with van der Waals surface area (Å²) in [4.78, 5) is 6.40. The van der Waals surface area contributed by atoms with Crippen molar-refractivity contribution >= 4 is 0 Å². The Morgan fingerprint density at radius 1 is 1.24 bits per heavy atom. The maximum atomic E-state index is 9.33. The van der Waals surface area contributed by atoms with Crippen molar-refractivity contribution in [3.8, 4) is 17.4 Å². The number of imidazole rings is 1. The molecule has 0 saturated carbocycles. The number of aromatic nitrogens is 2. The van der Waals surface area contributed by atoms with E-state index in [9.17, 15) is 10.4 Å². The minimum Gasteiger partial charge on any atom is -0.460 e. The molecule has 0 saturated heterocycles. The van der Waals surface area contributed by atoms with Crippen LogP contribution in [-0.2, 0) is 20.1 Å². The molecule has 1 N–H and O–H groups in total. The highest BCUT2D eigenvalue weighted by atomic mass is 16.3. The standard InChI is InChI=1S/C19H20N4O2/c1-22-9-8-21-19(22)14-23(10-11-24)13-16-6-7-18(25-16)17-5-3-2-4-15(17)12-20/h2-9,24H,10-11,13-14H2,1H3. The van der Waals surface area contributed by atoms with Crippen LogP contribution in [0.25, 0.3) is 11.3 Å². The fourth-order valence-electron chi connectivity index (χ4n) is 2.73. The minimum absolute atomic E-state index is 0.0647. The summed E-state index contributed by atoms with van der Waals surface area (Å²) in [7, 11) is 1.95. The zero-order chi connectivity index (χ0) is 17.6. The van der Waals surface area contributed by atoms with Gasteiger partial charge in [-0.05, 0) is 24.3 Å². The molecule has 6 heteroatoms. The summed E-state index contributed by atoms with van der Waals surface area (Å²) in [6.45, 7) is 1.77. The summed E-state index contributed by atoms with van der Waals surface area (Å²) >= 11 is 0. The average molecular weight is 336 g/mol. The molecular weight excluding hydrogens is 316 g/mol. The van der Waals surface area contributed by atoms with E-state index in [0.29, 0.717) is 31.0 Å². The second-order valence-corrected chi connectivity index (χ2v) is 5.81. The van der Waals surface area contributed by atoms with Crippen LogP contribution in [0.1, 0.15) is 17.1 Å². The van der Waals surface area contributed by atoms with E-state index in [4.69, 9.17) is 4.42 Å². The van der Waals surface area contributed by atoms with Gasteiger partial charge in [0.05, 0.1) is 31.3 Å². The van der Waals surface area contributed by atoms with Crippen LogP contribution < -0.4 is 0 Å². The van der Waals surface area contributed by atoms with E-state index in [1.54, 1.807) is 12.3 Å². The Labute approximate surface area is 146 Å². The van der Waals surface area contributed by atoms with Crippen LogP contribution in [0.15, 0.2) is 53.2 Å². The van der Waals surface area contributed by atoms with Gasteiger partial charge in [-0.3, -0.25) is 4.90 Å². The lowest BCUT2D eigenvalue weighted by Gasteiger charge is -2.19. The first-order valence-corrected chi connectivity index (χ1v) is 8.09. The lowest BCUT2D eigenvalue weighted by molar-refractivity contribution is 0.171. The van der Waals surface area contributed by atoms with Crippen molar-refractivity contribution in [1.82, 2.24) is 14.5 Å². The highest BCUT2D eigenvalue weighted by Crippen LogP contribution is 2.26. The van der Waals surface area contributed by atoms with Crippen LogP contribution in [-0.4, -0.2) is 32.7 Å². The molecule has 0 bridgehead atoms. The van der Waals surface area contributed by atoms with Crippen molar-refractivity contribution in [3.05, 3.63) is 65.9 Å². The van der Waals surface area contributed by atoms with Crippen LogP contribution in [0.3, 0.4) is 0 Å². The third kappa shape index (κ3) is 3.97. The number of aliphatic hydroxyl groups is 1. The van der Waals surface area contributed by atoms with Gasteiger partial charge in [0.2, 0.25) is 0 Å². The molecule has 2 heterocycles. The quantitative estimate of drug-likeness (QED) is 0.717. The minimum atomic E-state index is 0.0647. The molecule has 0 atom stereocenters. The Morgan fingerprint density at radius 3 is 2.80 bits per heavy atom.